The van der Waals surface area contributed by atoms with Crippen molar-refractivity contribution in [3.05, 3.63) is 0 Å². The van der Waals surface area contributed by atoms with Gasteiger partial charge in [-0.15, -0.1) is 0 Å². The lowest BCUT2D eigenvalue weighted by atomic mass is 10.2. The van der Waals surface area contributed by atoms with Crippen molar-refractivity contribution in [3.8, 4) is 0 Å². The lowest BCUT2D eigenvalue weighted by Crippen LogP contribution is -2.39. The molecule has 1 rings (SSSR count). The molecule has 1 unspecified atom stereocenters. The molecule has 0 radical (unpaired) electrons. The van der Waals surface area contributed by atoms with Gasteiger partial charge in [-0.3, -0.25) is 4.79 Å². The predicted octanol–water partition coefficient (Wildman–Crippen LogP) is 0.350. The second-order valence-corrected chi connectivity index (χ2v) is 4.52. The molecule has 0 saturated heterocycles. The SMILES string of the molecule is COCCOCCOCCC(NC1CC1)C(=O)OC. The Morgan fingerprint density at radius 1 is 1.11 bits per heavy atom. The van der Waals surface area contributed by atoms with Crippen molar-refractivity contribution in [1.29, 1.82) is 0 Å². The molecule has 0 heterocycles. The second-order valence-electron chi connectivity index (χ2n) is 4.52. The summed E-state index contributed by atoms with van der Waals surface area (Å²) in [6, 6.07) is 0.216. The molecule has 1 N–H and O–H groups in total. The molecule has 19 heavy (non-hydrogen) atoms. The van der Waals surface area contributed by atoms with Crippen LogP contribution >= 0.6 is 0 Å². The van der Waals surface area contributed by atoms with Gasteiger partial charge in [-0.1, -0.05) is 0 Å². The van der Waals surface area contributed by atoms with Gasteiger partial charge in [0.1, 0.15) is 6.04 Å². The zero-order valence-corrected chi connectivity index (χ0v) is 11.9. The van der Waals surface area contributed by atoms with E-state index in [1.807, 2.05) is 0 Å². The summed E-state index contributed by atoms with van der Waals surface area (Å²) in [5.41, 5.74) is 0. The summed E-state index contributed by atoms with van der Waals surface area (Å²) in [7, 11) is 3.05. The molecular formula is C13H25NO5. The monoisotopic (exact) mass is 275 g/mol. The predicted molar refractivity (Wildman–Crippen MR) is 70.1 cm³/mol. The van der Waals surface area contributed by atoms with Crippen LogP contribution < -0.4 is 5.32 Å². The summed E-state index contributed by atoms with van der Waals surface area (Å²) >= 11 is 0. The van der Waals surface area contributed by atoms with Crippen LogP contribution in [0.1, 0.15) is 19.3 Å². The third-order valence-electron chi connectivity index (χ3n) is 2.85. The van der Waals surface area contributed by atoms with Crippen molar-refractivity contribution in [2.24, 2.45) is 0 Å². The van der Waals surface area contributed by atoms with E-state index in [0.29, 0.717) is 45.5 Å². The maximum Gasteiger partial charge on any atom is 0.322 e. The molecule has 0 amide bonds. The molecule has 1 fully saturated rings. The highest BCUT2D eigenvalue weighted by molar-refractivity contribution is 5.75. The standard InChI is InChI=1S/C13H25NO5/c1-16-7-8-19-10-9-18-6-5-12(13(15)17-2)14-11-3-4-11/h11-12,14H,3-10H2,1-2H3. The van der Waals surface area contributed by atoms with Gasteiger partial charge in [-0.2, -0.15) is 0 Å². The van der Waals surface area contributed by atoms with Crippen LogP contribution in [0.5, 0.6) is 0 Å². The van der Waals surface area contributed by atoms with Crippen molar-refractivity contribution in [2.75, 3.05) is 47.3 Å². The molecule has 1 aliphatic carbocycles. The van der Waals surface area contributed by atoms with Crippen molar-refractivity contribution < 1.29 is 23.7 Å². The van der Waals surface area contributed by atoms with Crippen LogP contribution in [0.15, 0.2) is 0 Å². The van der Waals surface area contributed by atoms with E-state index < -0.39 is 0 Å². The third kappa shape index (κ3) is 8.15. The molecule has 1 atom stereocenters. The Morgan fingerprint density at radius 3 is 2.32 bits per heavy atom. The molecule has 1 aliphatic rings. The van der Waals surface area contributed by atoms with E-state index in [4.69, 9.17) is 18.9 Å². The van der Waals surface area contributed by atoms with Gasteiger partial charge in [-0.25, -0.2) is 0 Å². The minimum absolute atomic E-state index is 0.216. The Kier molecular flexibility index (Phi) is 8.73. The number of hydrogen-bond donors (Lipinski definition) is 1. The minimum Gasteiger partial charge on any atom is -0.468 e. The zero-order chi connectivity index (χ0) is 13.9. The van der Waals surface area contributed by atoms with E-state index in [9.17, 15) is 4.79 Å². The molecule has 6 nitrogen and oxygen atoms in total. The van der Waals surface area contributed by atoms with Crippen LogP contribution in [-0.4, -0.2) is 65.3 Å². The van der Waals surface area contributed by atoms with Gasteiger partial charge in [0.2, 0.25) is 0 Å². The van der Waals surface area contributed by atoms with Gasteiger partial charge in [-0.05, 0) is 19.3 Å². The van der Waals surface area contributed by atoms with Crippen LogP contribution in [0.2, 0.25) is 0 Å². The van der Waals surface area contributed by atoms with Crippen molar-refractivity contribution >= 4 is 5.97 Å². The van der Waals surface area contributed by atoms with Crippen molar-refractivity contribution in [2.45, 2.75) is 31.3 Å². The lowest BCUT2D eigenvalue weighted by molar-refractivity contribution is -0.143. The van der Waals surface area contributed by atoms with E-state index >= 15 is 0 Å². The molecule has 0 aromatic rings. The molecule has 0 aliphatic heterocycles. The number of esters is 1. The van der Waals surface area contributed by atoms with E-state index in [-0.39, 0.29) is 12.0 Å². The number of carbonyl (C=O) groups is 1. The summed E-state index contributed by atoms with van der Waals surface area (Å²) in [4.78, 5) is 11.5. The van der Waals surface area contributed by atoms with Gasteiger partial charge in [0, 0.05) is 19.8 Å². The molecular weight excluding hydrogens is 250 g/mol. The number of hydrogen-bond acceptors (Lipinski definition) is 6. The topological polar surface area (TPSA) is 66.0 Å². The summed E-state index contributed by atoms with van der Waals surface area (Å²) in [5, 5.41) is 3.26. The first-order valence-electron chi connectivity index (χ1n) is 6.76. The molecule has 6 heteroatoms. The van der Waals surface area contributed by atoms with Gasteiger partial charge < -0.3 is 24.3 Å². The number of ether oxygens (including phenoxy) is 4. The molecule has 0 spiro atoms. The van der Waals surface area contributed by atoms with Gasteiger partial charge in [0.05, 0.1) is 33.5 Å². The third-order valence-corrected chi connectivity index (χ3v) is 2.85. The van der Waals surface area contributed by atoms with E-state index in [1.54, 1.807) is 7.11 Å². The Balaban J connectivity index is 1.99. The van der Waals surface area contributed by atoms with Crippen molar-refractivity contribution in [1.82, 2.24) is 5.32 Å². The highest BCUT2D eigenvalue weighted by atomic mass is 16.5. The Bertz CT molecular complexity index is 245. The van der Waals surface area contributed by atoms with Gasteiger partial charge in [0.15, 0.2) is 0 Å². The Labute approximate surface area is 114 Å². The largest absolute Gasteiger partial charge is 0.468 e. The molecule has 0 bridgehead atoms. The highest BCUT2D eigenvalue weighted by Crippen LogP contribution is 2.20. The first kappa shape index (κ1) is 16.4. The maximum atomic E-state index is 11.5. The fraction of sp³-hybridized carbons (Fsp3) is 0.923. The summed E-state index contributed by atoms with van der Waals surface area (Å²) in [5.74, 6) is -0.216. The second kappa shape index (κ2) is 10.1. The molecule has 0 aromatic heterocycles. The van der Waals surface area contributed by atoms with E-state index in [2.05, 4.69) is 5.32 Å². The fourth-order valence-corrected chi connectivity index (χ4v) is 1.61. The number of nitrogens with one attached hydrogen (secondary N) is 1. The van der Waals surface area contributed by atoms with Crippen LogP contribution in [0.4, 0.5) is 0 Å². The normalized spacial score (nSPS) is 16.3. The Hall–Kier alpha value is -0.690. The summed E-state index contributed by atoms with van der Waals surface area (Å²) < 4.78 is 20.3. The quantitative estimate of drug-likeness (QED) is 0.409. The van der Waals surface area contributed by atoms with Crippen LogP contribution in [0.3, 0.4) is 0 Å². The summed E-state index contributed by atoms with van der Waals surface area (Å²) in [6.07, 6.45) is 2.91. The van der Waals surface area contributed by atoms with Crippen LogP contribution in [-0.2, 0) is 23.7 Å². The van der Waals surface area contributed by atoms with E-state index in [1.165, 1.54) is 7.11 Å². The highest BCUT2D eigenvalue weighted by Gasteiger charge is 2.28. The molecule has 112 valence electrons. The molecule has 0 aromatic carbocycles. The van der Waals surface area contributed by atoms with E-state index in [0.717, 1.165) is 12.8 Å². The van der Waals surface area contributed by atoms with Crippen LogP contribution in [0, 0.1) is 0 Å². The van der Waals surface area contributed by atoms with Gasteiger partial charge in [0.25, 0.3) is 0 Å². The lowest BCUT2D eigenvalue weighted by Gasteiger charge is -2.16. The van der Waals surface area contributed by atoms with Crippen molar-refractivity contribution in [3.63, 3.8) is 0 Å². The first-order valence-corrected chi connectivity index (χ1v) is 6.76. The maximum absolute atomic E-state index is 11.5. The zero-order valence-electron chi connectivity index (χ0n) is 11.9. The van der Waals surface area contributed by atoms with Gasteiger partial charge >= 0.3 is 5.97 Å². The minimum atomic E-state index is -0.257. The number of carbonyl (C=O) groups excluding carboxylic acids is 1. The molecule has 1 saturated carbocycles. The number of methoxy groups -OCH3 is 2. The Morgan fingerprint density at radius 2 is 1.74 bits per heavy atom. The van der Waals surface area contributed by atoms with Crippen LogP contribution in [0.25, 0.3) is 0 Å². The number of rotatable bonds is 12. The average molecular weight is 275 g/mol. The smallest absolute Gasteiger partial charge is 0.322 e. The summed E-state index contributed by atoms with van der Waals surface area (Å²) in [6.45, 7) is 2.76. The first-order chi connectivity index (χ1) is 9.27. The average Bonchev–Trinajstić information content (AvgIpc) is 3.23. The fourth-order valence-electron chi connectivity index (χ4n) is 1.61.